The maximum absolute atomic E-state index is 10.4. The predicted molar refractivity (Wildman–Crippen MR) is 94.3 cm³/mol. The Kier molecular flexibility index (Phi) is 5.55. The van der Waals surface area contributed by atoms with Gasteiger partial charge in [-0.1, -0.05) is 24.3 Å². The number of rotatable bonds is 1. The molecule has 1 heterocycles. The van der Waals surface area contributed by atoms with Crippen LogP contribution in [-0.4, -0.2) is 33.6 Å². The van der Waals surface area contributed by atoms with Crippen LogP contribution in [-0.2, 0) is 4.74 Å². The summed E-state index contributed by atoms with van der Waals surface area (Å²) in [6, 6.07) is 0. The minimum absolute atomic E-state index is 0.0866. The molecule has 2 N–H and O–H groups in total. The molecule has 0 saturated carbocycles. The van der Waals surface area contributed by atoms with E-state index in [4.69, 9.17) is 4.74 Å². The van der Waals surface area contributed by atoms with E-state index in [0.29, 0.717) is 6.10 Å². The van der Waals surface area contributed by atoms with Gasteiger partial charge in [-0.05, 0) is 77.4 Å². The van der Waals surface area contributed by atoms with Gasteiger partial charge in [0, 0.05) is 0 Å². The van der Waals surface area contributed by atoms with Crippen molar-refractivity contribution in [1.29, 1.82) is 0 Å². The van der Waals surface area contributed by atoms with E-state index in [0.717, 1.165) is 49.7 Å². The van der Waals surface area contributed by atoms with E-state index < -0.39 is 11.7 Å². The average molecular weight is 320 g/mol. The van der Waals surface area contributed by atoms with Crippen LogP contribution in [0.3, 0.4) is 0 Å². The van der Waals surface area contributed by atoms with Gasteiger partial charge in [-0.3, -0.25) is 0 Å². The number of epoxide rings is 1. The van der Waals surface area contributed by atoms with Crippen LogP contribution in [0, 0.1) is 0 Å². The molecule has 0 radical (unpaired) electrons. The van der Waals surface area contributed by atoms with E-state index in [2.05, 4.69) is 26.5 Å². The van der Waals surface area contributed by atoms with Crippen LogP contribution in [0.1, 0.15) is 66.2 Å². The van der Waals surface area contributed by atoms with Gasteiger partial charge in [0.05, 0.1) is 23.4 Å². The predicted octanol–water partition coefficient (Wildman–Crippen LogP) is 4.06. The number of allylic oxidation sites excluding steroid dienone is 2. The zero-order valence-electron chi connectivity index (χ0n) is 15.1. The summed E-state index contributed by atoms with van der Waals surface area (Å²) in [5, 5.41) is 20.8. The number of aliphatic hydroxyl groups excluding tert-OH is 1. The number of hydrogen-bond donors (Lipinski definition) is 2. The highest BCUT2D eigenvalue weighted by molar-refractivity contribution is 5.23. The Labute approximate surface area is 140 Å². The third-order valence-corrected chi connectivity index (χ3v) is 5.25. The molecule has 1 saturated heterocycles. The largest absolute Gasteiger partial charge is 0.386 e. The Balaban J connectivity index is 2.19. The molecule has 2 aliphatic rings. The average Bonchev–Trinajstić information content (AvgIpc) is 3.09. The molecule has 3 atom stereocenters. The first-order valence-corrected chi connectivity index (χ1v) is 8.74. The Morgan fingerprint density at radius 1 is 1.30 bits per heavy atom. The van der Waals surface area contributed by atoms with E-state index in [-0.39, 0.29) is 5.60 Å². The Bertz CT molecular complexity index is 509. The summed E-state index contributed by atoms with van der Waals surface area (Å²) in [7, 11) is 0. The first kappa shape index (κ1) is 18.4. The van der Waals surface area contributed by atoms with Gasteiger partial charge in [0.25, 0.3) is 0 Å². The topological polar surface area (TPSA) is 53.0 Å². The molecular weight excluding hydrogens is 288 g/mol. The summed E-state index contributed by atoms with van der Waals surface area (Å²) in [6.07, 6.45) is 9.03. The SMILES string of the molecule is C=C1CC/C=C(\C)CC[C@H]2O[C@]2(C)CC/C(C(C)(C)O)=C\[C@@H]1O. The molecule has 0 aromatic carbocycles. The molecular formula is C20H32O3. The van der Waals surface area contributed by atoms with Crippen molar-refractivity contribution in [3.63, 3.8) is 0 Å². The second kappa shape index (κ2) is 6.92. The molecule has 130 valence electrons. The van der Waals surface area contributed by atoms with Gasteiger partial charge in [0.15, 0.2) is 0 Å². The molecule has 0 unspecified atom stereocenters. The van der Waals surface area contributed by atoms with Crippen molar-refractivity contribution in [3.05, 3.63) is 35.5 Å². The number of aliphatic hydroxyl groups is 2. The van der Waals surface area contributed by atoms with Crippen molar-refractivity contribution >= 4 is 0 Å². The van der Waals surface area contributed by atoms with Gasteiger partial charge in [0.1, 0.15) is 0 Å². The van der Waals surface area contributed by atoms with Crippen molar-refractivity contribution in [1.82, 2.24) is 0 Å². The highest BCUT2D eigenvalue weighted by atomic mass is 16.6. The summed E-state index contributed by atoms with van der Waals surface area (Å²) in [4.78, 5) is 0. The zero-order chi connectivity index (χ0) is 17.3. The number of ether oxygens (including phenoxy) is 1. The van der Waals surface area contributed by atoms with Crippen molar-refractivity contribution in [2.75, 3.05) is 0 Å². The molecule has 0 aromatic heterocycles. The highest BCUT2D eigenvalue weighted by Gasteiger charge is 2.51. The lowest BCUT2D eigenvalue weighted by Crippen LogP contribution is -2.25. The Hall–Kier alpha value is -0.900. The molecule has 0 amide bonds. The van der Waals surface area contributed by atoms with Gasteiger partial charge in [0.2, 0.25) is 0 Å². The Morgan fingerprint density at radius 3 is 2.65 bits per heavy atom. The fourth-order valence-electron chi connectivity index (χ4n) is 3.27. The minimum Gasteiger partial charge on any atom is -0.386 e. The van der Waals surface area contributed by atoms with Gasteiger partial charge in [-0.25, -0.2) is 0 Å². The van der Waals surface area contributed by atoms with Crippen LogP contribution in [0.25, 0.3) is 0 Å². The Morgan fingerprint density at radius 2 is 2.00 bits per heavy atom. The normalized spacial score (nSPS) is 38.6. The van der Waals surface area contributed by atoms with E-state index >= 15 is 0 Å². The van der Waals surface area contributed by atoms with Crippen molar-refractivity contribution in [2.24, 2.45) is 0 Å². The molecule has 1 fully saturated rings. The third kappa shape index (κ3) is 5.03. The maximum Gasteiger partial charge on any atom is 0.0932 e. The maximum atomic E-state index is 10.4. The summed E-state index contributed by atoms with van der Waals surface area (Å²) in [5.41, 5.74) is 2.03. The fourth-order valence-corrected chi connectivity index (χ4v) is 3.27. The molecule has 23 heavy (non-hydrogen) atoms. The van der Waals surface area contributed by atoms with Crippen LogP contribution >= 0.6 is 0 Å². The molecule has 0 spiro atoms. The summed E-state index contributed by atoms with van der Waals surface area (Å²) >= 11 is 0. The second-order valence-electron chi connectivity index (χ2n) is 7.90. The quantitative estimate of drug-likeness (QED) is 0.566. The van der Waals surface area contributed by atoms with Gasteiger partial charge >= 0.3 is 0 Å². The third-order valence-electron chi connectivity index (χ3n) is 5.25. The highest BCUT2D eigenvalue weighted by Crippen LogP contribution is 2.44. The smallest absolute Gasteiger partial charge is 0.0932 e. The minimum atomic E-state index is -0.935. The van der Waals surface area contributed by atoms with Crippen molar-refractivity contribution in [3.8, 4) is 0 Å². The summed E-state index contributed by atoms with van der Waals surface area (Å²) < 4.78 is 5.92. The first-order valence-electron chi connectivity index (χ1n) is 8.74. The van der Waals surface area contributed by atoms with Crippen LogP contribution in [0.15, 0.2) is 35.5 Å². The van der Waals surface area contributed by atoms with Gasteiger partial charge < -0.3 is 14.9 Å². The van der Waals surface area contributed by atoms with Crippen LogP contribution in [0.5, 0.6) is 0 Å². The van der Waals surface area contributed by atoms with Crippen molar-refractivity contribution in [2.45, 2.75) is 89.6 Å². The van der Waals surface area contributed by atoms with Gasteiger partial charge in [-0.15, -0.1) is 0 Å². The zero-order valence-corrected chi connectivity index (χ0v) is 15.1. The lowest BCUT2D eigenvalue weighted by Gasteiger charge is -2.24. The van der Waals surface area contributed by atoms with Crippen LogP contribution < -0.4 is 0 Å². The van der Waals surface area contributed by atoms with Crippen LogP contribution in [0.2, 0.25) is 0 Å². The molecule has 3 nitrogen and oxygen atoms in total. The summed E-state index contributed by atoms with van der Waals surface area (Å²) in [5.74, 6) is 0. The van der Waals surface area contributed by atoms with E-state index in [1.165, 1.54) is 5.57 Å². The first-order chi connectivity index (χ1) is 10.6. The molecule has 0 aromatic rings. The van der Waals surface area contributed by atoms with E-state index in [1.807, 2.05) is 0 Å². The lowest BCUT2D eigenvalue weighted by molar-refractivity contribution is 0.111. The molecule has 2 rings (SSSR count). The molecule has 0 bridgehead atoms. The van der Waals surface area contributed by atoms with Crippen LogP contribution in [0.4, 0.5) is 0 Å². The van der Waals surface area contributed by atoms with Crippen molar-refractivity contribution < 1.29 is 14.9 Å². The molecule has 1 aliphatic carbocycles. The molecule has 1 aliphatic heterocycles. The second-order valence-corrected chi connectivity index (χ2v) is 7.90. The monoisotopic (exact) mass is 320 g/mol. The lowest BCUT2D eigenvalue weighted by atomic mass is 9.87. The fraction of sp³-hybridized carbons (Fsp3) is 0.700. The van der Waals surface area contributed by atoms with E-state index in [1.54, 1.807) is 19.9 Å². The number of hydrogen-bond acceptors (Lipinski definition) is 3. The standard InChI is InChI=1S/C20H32O3/c1-14-7-6-8-15(2)17(21)13-16(19(3,4)22)11-12-20(5)18(23-20)10-9-14/h7,13,17-18,21-22H,2,6,8-12H2,1,3-5H3/b14-7+,16-13+/t17-,18+,20+/m0/s1. The van der Waals surface area contributed by atoms with E-state index in [9.17, 15) is 10.2 Å². The van der Waals surface area contributed by atoms with Gasteiger partial charge in [-0.2, -0.15) is 0 Å². The number of fused-ring (bicyclic) bond motifs is 1. The molecule has 3 heteroatoms. The summed E-state index contributed by atoms with van der Waals surface area (Å²) in [6.45, 7) is 11.9.